The summed E-state index contributed by atoms with van der Waals surface area (Å²) >= 11 is 0. The molecule has 8 atom stereocenters. The van der Waals surface area contributed by atoms with Gasteiger partial charge in [0, 0.05) is 40.7 Å². The van der Waals surface area contributed by atoms with Crippen molar-refractivity contribution >= 4 is 29.6 Å². The van der Waals surface area contributed by atoms with Crippen LogP contribution in [0.25, 0.3) is 0 Å². The van der Waals surface area contributed by atoms with Gasteiger partial charge in [0.15, 0.2) is 0 Å². The van der Waals surface area contributed by atoms with Crippen molar-refractivity contribution in [3.63, 3.8) is 0 Å². The third kappa shape index (κ3) is 13.7. The molecule has 1 fully saturated rings. The van der Waals surface area contributed by atoms with Gasteiger partial charge < -0.3 is 34.6 Å². The molecule has 1 saturated heterocycles. The monoisotopic (exact) mass is 759 g/mol. The van der Waals surface area contributed by atoms with Crippen LogP contribution in [-0.2, 0) is 44.6 Å². The summed E-state index contributed by atoms with van der Waals surface area (Å²) in [6, 6.07) is 6.97. The lowest BCUT2D eigenvalue weighted by atomic mass is 9.89. The average Bonchev–Trinajstić information content (AvgIpc) is 3.58. The smallest absolute Gasteiger partial charge is 0.329 e. The topological polar surface area (TPSA) is 144 Å². The van der Waals surface area contributed by atoms with E-state index in [-0.39, 0.29) is 54.2 Å². The molecule has 306 valence electrons. The molecule has 1 aromatic rings. The number of likely N-dealkylation sites (N-methyl/N-ethyl adjacent to an activating group) is 1. The van der Waals surface area contributed by atoms with Crippen molar-refractivity contribution in [2.75, 3.05) is 27.8 Å². The molecule has 2 N–H and O–H groups in total. The van der Waals surface area contributed by atoms with Crippen molar-refractivity contribution in [3.8, 4) is 0 Å². The summed E-state index contributed by atoms with van der Waals surface area (Å²) in [7, 11) is 4.81. The molecule has 0 spiro atoms. The Bertz CT molecular complexity index is 1360. The molecule has 0 bridgehead atoms. The number of rotatable bonds is 20. The first kappa shape index (κ1) is 46.6. The fraction of sp³-hybridized carbons (Fsp3) is 0.738. The Hall–Kier alpha value is -3.51. The van der Waals surface area contributed by atoms with Crippen molar-refractivity contribution in [1.29, 1.82) is 0 Å². The maximum atomic E-state index is 14.2. The number of hydrogen-bond acceptors (Lipinski definition) is 8. The van der Waals surface area contributed by atoms with E-state index in [1.807, 2.05) is 71.9 Å². The standard InChI is InChI=1S/C42H70N4O8/c1-14-28(6)37(45(11)40(50)36(27(4)5)44-34(47)23-26(2)3)33(52-12)25-35(48)46-22-18-21-32(46)38(53-13)29(7)39(49)43-31(41(51)54-42(8,9)10)24-30-19-16-15-17-20-30/h15-17,19-20,26-29,31-33,36-38H,14,18,21-25H2,1-13H3,(H,43,49)(H,44,47)/t28?,29?,31?,32?,33?,36-,37?,38?/m0/s1. The zero-order chi connectivity index (χ0) is 40.9. The van der Waals surface area contributed by atoms with E-state index < -0.39 is 53.9 Å². The maximum Gasteiger partial charge on any atom is 0.329 e. The lowest BCUT2D eigenvalue weighted by Gasteiger charge is -2.41. The van der Waals surface area contributed by atoms with Crippen LogP contribution in [0.4, 0.5) is 0 Å². The summed E-state index contributed by atoms with van der Waals surface area (Å²) in [6.07, 6.45) is 1.42. The maximum absolute atomic E-state index is 14.2. The van der Waals surface area contributed by atoms with Gasteiger partial charge in [0.2, 0.25) is 23.6 Å². The number of hydrogen-bond donors (Lipinski definition) is 2. The van der Waals surface area contributed by atoms with E-state index in [2.05, 4.69) is 10.6 Å². The minimum Gasteiger partial charge on any atom is -0.458 e. The number of esters is 1. The predicted octanol–water partition coefficient (Wildman–Crippen LogP) is 5.16. The summed E-state index contributed by atoms with van der Waals surface area (Å²) in [6.45, 7) is 19.4. The minimum atomic E-state index is -0.918. The van der Waals surface area contributed by atoms with Crippen LogP contribution in [0.3, 0.4) is 0 Å². The normalized spacial score (nSPS) is 18.6. The number of nitrogens with one attached hydrogen (secondary N) is 2. The summed E-state index contributed by atoms with van der Waals surface area (Å²) < 4.78 is 17.6. The highest BCUT2D eigenvalue weighted by Crippen LogP contribution is 2.30. The molecule has 1 aliphatic rings. The quantitative estimate of drug-likeness (QED) is 0.174. The molecule has 0 aromatic heterocycles. The van der Waals surface area contributed by atoms with Gasteiger partial charge in [-0.2, -0.15) is 0 Å². The number of likely N-dealkylation sites (tertiary alicyclic amines) is 1. The molecule has 0 radical (unpaired) electrons. The highest BCUT2D eigenvalue weighted by atomic mass is 16.6. The van der Waals surface area contributed by atoms with Crippen LogP contribution >= 0.6 is 0 Å². The van der Waals surface area contributed by atoms with Crippen LogP contribution in [0.15, 0.2) is 30.3 Å². The number of amides is 4. The number of carbonyl (C=O) groups excluding carboxylic acids is 5. The lowest BCUT2D eigenvalue weighted by Crippen LogP contribution is -2.58. The Balaban J connectivity index is 2.29. The molecular formula is C42H70N4O8. The van der Waals surface area contributed by atoms with Gasteiger partial charge in [0.05, 0.1) is 36.6 Å². The molecule has 7 unspecified atom stereocenters. The van der Waals surface area contributed by atoms with E-state index in [1.165, 1.54) is 7.11 Å². The summed E-state index contributed by atoms with van der Waals surface area (Å²) in [5, 5.41) is 5.87. The van der Waals surface area contributed by atoms with E-state index in [9.17, 15) is 24.0 Å². The number of ether oxygens (including phenoxy) is 3. The van der Waals surface area contributed by atoms with Crippen LogP contribution in [-0.4, -0.2) is 109 Å². The van der Waals surface area contributed by atoms with E-state index >= 15 is 0 Å². The molecule has 2 rings (SSSR count). The van der Waals surface area contributed by atoms with Crippen LogP contribution in [0.1, 0.15) is 107 Å². The molecule has 12 heteroatoms. The second-order valence-electron chi connectivity index (χ2n) is 16.8. The van der Waals surface area contributed by atoms with Crippen LogP contribution in [0.5, 0.6) is 0 Å². The molecule has 0 saturated carbocycles. The third-order valence-electron chi connectivity index (χ3n) is 10.4. The van der Waals surface area contributed by atoms with Crippen molar-refractivity contribution in [2.45, 2.75) is 150 Å². The van der Waals surface area contributed by atoms with Crippen molar-refractivity contribution in [2.24, 2.45) is 23.7 Å². The second kappa shape index (κ2) is 21.5. The Labute approximate surface area is 324 Å². The summed E-state index contributed by atoms with van der Waals surface area (Å²) in [4.78, 5) is 71.5. The highest BCUT2D eigenvalue weighted by Gasteiger charge is 2.43. The third-order valence-corrected chi connectivity index (χ3v) is 10.4. The molecule has 0 aliphatic carbocycles. The zero-order valence-electron chi connectivity index (χ0n) is 35.3. The highest BCUT2D eigenvalue weighted by molar-refractivity contribution is 5.88. The number of nitrogens with zero attached hydrogens (tertiary/aromatic N) is 2. The molecule has 1 heterocycles. The lowest BCUT2D eigenvalue weighted by molar-refractivity contribution is -0.159. The first-order chi connectivity index (χ1) is 25.3. The van der Waals surface area contributed by atoms with Crippen LogP contribution < -0.4 is 10.6 Å². The predicted molar refractivity (Wildman–Crippen MR) is 210 cm³/mol. The molecule has 4 amide bonds. The largest absolute Gasteiger partial charge is 0.458 e. The number of carbonyl (C=O) groups is 5. The van der Waals surface area contributed by atoms with E-state index in [0.717, 1.165) is 18.4 Å². The molecular weight excluding hydrogens is 688 g/mol. The van der Waals surface area contributed by atoms with Gasteiger partial charge in [0.1, 0.15) is 17.7 Å². The Morgan fingerprint density at radius 2 is 1.56 bits per heavy atom. The van der Waals surface area contributed by atoms with Gasteiger partial charge in [-0.05, 0) is 56.9 Å². The van der Waals surface area contributed by atoms with Crippen molar-refractivity contribution in [1.82, 2.24) is 20.4 Å². The molecule has 12 nitrogen and oxygen atoms in total. The van der Waals surface area contributed by atoms with Gasteiger partial charge in [-0.25, -0.2) is 4.79 Å². The van der Waals surface area contributed by atoms with E-state index in [4.69, 9.17) is 14.2 Å². The number of methoxy groups -OCH3 is 2. The van der Waals surface area contributed by atoms with Gasteiger partial charge in [-0.3, -0.25) is 19.2 Å². The minimum absolute atomic E-state index is 0.0144. The molecule has 1 aliphatic heterocycles. The zero-order valence-corrected chi connectivity index (χ0v) is 35.3. The summed E-state index contributed by atoms with van der Waals surface area (Å²) in [5.41, 5.74) is 0.140. The summed E-state index contributed by atoms with van der Waals surface area (Å²) in [5.74, 6) is -2.17. The Morgan fingerprint density at radius 3 is 2.07 bits per heavy atom. The fourth-order valence-electron chi connectivity index (χ4n) is 7.36. The Morgan fingerprint density at radius 1 is 0.926 bits per heavy atom. The SMILES string of the molecule is CCC(C)C(C(CC(=O)N1CCCC1C(OC)C(C)C(=O)NC(Cc1ccccc1)C(=O)OC(C)(C)C)OC)N(C)C(=O)[C@@H](NC(=O)CC(C)C)C(C)C. The fourth-order valence-corrected chi connectivity index (χ4v) is 7.36. The van der Waals surface area contributed by atoms with E-state index in [1.54, 1.807) is 51.7 Å². The van der Waals surface area contributed by atoms with E-state index in [0.29, 0.717) is 19.4 Å². The Kier molecular flexibility index (Phi) is 18.6. The van der Waals surface area contributed by atoms with Crippen LogP contribution in [0.2, 0.25) is 0 Å². The molecule has 54 heavy (non-hydrogen) atoms. The van der Waals surface area contributed by atoms with Gasteiger partial charge in [-0.15, -0.1) is 0 Å². The van der Waals surface area contributed by atoms with Crippen molar-refractivity contribution in [3.05, 3.63) is 35.9 Å². The van der Waals surface area contributed by atoms with Gasteiger partial charge >= 0.3 is 5.97 Å². The van der Waals surface area contributed by atoms with Gasteiger partial charge in [0.25, 0.3) is 0 Å². The van der Waals surface area contributed by atoms with Crippen LogP contribution in [0, 0.1) is 23.7 Å². The second-order valence-corrected chi connectivity index (χ2v) is 16.8. The van der Waals surface area contributed by atoms with Gasteiger partial charge in [-0.1, -0.05) is 85.2 Å². The first-order valence-electron chi connectivity index (χ1n) is 19.7. The average molecular weight is 759 g/mol. The first-order valence-corrected chi connectivity index (χ1v) is 19.7. The molecule has 1 aromatic carbocycles. The number of benzene rings is 1. The van der Waals surface area contributed by atoms with Crippen molar-refractivity contribution < 1.29 is 38.2 Å².